The molecule has 2 aromatic carbocycles. The molecular weight excluding hydrogens is 382 g/mol. The van der Waals surface area contributed by atoms with Gasteiger partial charge in [-0.2, -0.15) is 0 Å². The molecule has 30 heavy (non-hydrogen) atoms. The van der Waals surface area contributed by atoms with Gasteiger partial charge < -0.3 is 23.8 Å². The quantitative estimate of drug-likeness (QED) is 0.673. The first-order valence-electron chi connectivity index (χ1n) is 10.8. The second-order valence-corrected chi connectivity index (χ2v) is 8.26. The number of fused-ring (bicyclic) bond motifs is 2. The molecule has 0 saturated heterocycles. The van der Waals surface area contributed by atoms with Crippen LogP contribution in [-0.4, -0.2) is 24.4 Å². The van der Waals surface area contributed by atoms with E-state index in [1.54, 1.807) is 0 Å². The maximum Gasteiger partial charge on any atom is 0.231 e. The first-order chi connectivity index (χ1) is 14.8. The van der Waals surface area contributed by atoms with Crippen LogP contribution in [0.1, 0.15) is 49.7 Å². The minimum absolute atomic E-state index is 0.107. The van der Waals surface area contributed by atoms with Crippen LogP contribution in [0.2, 0.25) is 0 Å². The lowest BCUT2D eigenvalue weighted by Crippen LogP contribution is -2.35. The van der Waals surface area contributed by atoms with Crippen LogP contribution in [0.5, 0.6) is 23.0 Å². The molecule has 6 heteroatoms. The van der Waals surface area contributed by atoms with Crippen LogP contribution < -0.4 is 18.9 Å². The van der Waals surface area contributed by atoms with Crippen LogP contribution in [0, 0.1) is 5.92 Å². The van der Waals surface area contributed by atoms with E-state index in [-0.39, 0.29) is 25.4 Å². The Bertz CT molecular complexity index is 860. The zero-order chi connectivity index (χ0) is 20.3. The molecule has 1 amide bonds. The summed E-state index contributed by atoms with van der Waals surface area (Å²) in [6.07, 6.45) is 6.70. The number of ether oxygens (including phenoxy) is 4. The highest BCUT2D eigenvalue weighted by atomic mass is 16.7. The molecule has 1 aliphatic carbocycles. The number of amides is 1. The first-order valence-corrected chi connectivity index (χ1v) is 10.8. The molecule has 6 nitrogen and oxygen atoms in total. The van der Waals surface area contributed by atoms with E-state index < -0.39 is 0 Å². The fourth-order valence-corrected chi connectivity index (χ4v) is 4.52. The lowest BCUT2D eigenvalue weighted by atomic mass is 9.98. The Kier molecular flexibility index (Phi) is 5.39. The van der Waals surface area contributed by atoms with Crippen molar-refractivity contribution in [1.29, 1.82) is 0 Å². The number of benzene rings is 2. The topological polar surface area (TPSA) is 57.2 Å². The summed E-state index contributed by atoms with van der Waals surface area (Å²) in [6.45, 7) is 1.59. The fourth-order valence-electron chi connectivity index (χ4n) is 4.52. The maximum atomic E-state index is 13.5. The van der Waals surface area contributed by atoms with Gasteiger partial charge in [-0.15, -0.1) is 0 Å². The number of hydrogen-bond donors (Lipinski definition) is 0. The summed E-state index contributed by atoms with van der Waals surface area (Å²) in [7, 11) is 0. The third-order valence-corrected chi connectivity index (χ3v) is 6.14. The molecule has 2 heterocycles. The van der Waals surface area contributed by atoms with Gasteiger partial charge in [-0.1, -0.05) is 37.8 Å². The van der Waals surface area contributed by atoms with Crippen LogP contribution in [0.3, 0.4) is 0 Å². The molecule has 1 fully saturated rings. The number of nitrogens with zero attached hydrogens (tertiary/aromatic N) is 1. The van der Waals surface area contributed by atoms with Crippen molar-refractivity contribution in [3.8, 4) is 23.0 Å². The minimum Gasteiger partial charge on any atom is -0.454 e. The van der Waals surface area contributed by atoms with Gasteiger partial charge in [0.2, 0.25) is 19.5 Å². The Morgan fingerprint density at radius 1 is 0.733 bits per heavy atom. The Balaban J connectivity index is 1.38. The molecule has 0 radical (unpaired) electrons. The van der Waals surface area contributed by atoms with Gasteiger partial charge in [-0.25, -0.2) is 0 Å². The van der Waals surface area contributed by atoms with Crippen molar-refractivity contribution in [2.24, 2.45) is 5.92 Å². The normalized spacial score (nSPS) is 17.6. The molecule has 5 rings (SSSR count). The summed E-state index contributed by atoms with van der Waals surface area (Å²) in [4.78, 5) is 15.5. The van der Waals surface area contributed by atoms with Crippen molar-refractivity contribution in [2.45, 2.75) is 51.6 Å². The van der Waals surface area contributed by atoms with Gasteiger partial charge in [0.15, 0.2) is 23.0 Å². The van der Waals surface area contributed by atoms with Gasteiger partial charge >= 0.3 is 0 Å². The summed E-state index contributed by atoms with van der Waals surface area (Å²) < 4.78 is 21.9. The summed E-state index contributed by atoms with van der Waals surface area (Å²) in [5.74, 6) is 3.37. The molecule has 0 bridgehead atoms. The van der Waals surface area contributed by atoms with Crippen molar-refractivity contribution < 1.29 is 23.7 Å². The van der Waals surface area contributed by atoms with Crippen LogP contribution in [-0.2, 0) is 17.9 Å². The second kappa shape index (κ2) is 8.46. The van der Waals surface area contributed by atoms with Crippen LogP contribution in [0.15, 0.2) is 36.4 Å². The Morgan fingerprint density at radius 3 is 1.77 bits per heavy atom. The van der Waals surface area contributed by atoms with E-state index in [1.165, 1.54) is 12.8 Å². The van der Waals surface area contributed by atoms with Crippen molar-refractivity contribution in [2.75, 3.05) is 13.6 Å². The van der Waals surface area contributed by atoms with Gasteiger partial charge in [-0.05, 0) is 48.2 Å². The number of carbonyl (C=O) groups is 1. The van der Waals surface area contributed by atoms with Gasteiger partial charge in [0.25, 0.3) is 0 Å². The monoisotopic (exact) mass is 409 g/mol. The predicted molar refractivity (Wildman–Crippen MR) is 111 cm³/mol. The standard InChI is InChI=1S/C24H27NO5/c26-24(19-5-3-1-2-4-6-19)25(13-17-7-9-20-22(11-17)29-15-27-20)14-18-8-10-21-23(12-18)30-16-28-21/h7-12,19H,1-6,13-16H2. The highest BCUT2D eigenvalue weighted by Crippen LogP contribution is 2.35. The van der Waals surface area contributed by atoms with E-state index in [0.29, 0.717) is 13.1 Å². The van der Waals surface area contributed by atoms with Crippen LogP contribution in [0.25, 0.3) is 0 Å². The molecule has 0 N–H and O–H groups in total. The van der Waals surface area contributed by atoms with Crippen molar-refractivity contribution in [3.05, 3.63) is 47.5 Å². The van der Waals surface area contributed by atoms with Gasteiger partial charge in [-0.3, -0.25) is 4.79 Å². The third kappa shape index (κ3) is 4.04. The predicted octanol–water partition coefficient (Wildman–Crippen LogP) is 4.64. The Labute approximate surface area is 176 Å². The van der Waals surface area contributed by atoms with Crippen molar-refractivity contribution >= 4 is 5.91 Å². The molecular formula is C24H27NO5. The molecule has 0 aromatic heterocycles. The van der Waals surface area contributed by atoms with Crippen LogP contribution >= 0.6 is 0 Å². The number of rotatable bonds is 5. The van der Waals surface area contributed by atoms with E-state index in [2.05, 4.69) is 0 Å². The van der Waals surface area contributed by atoms with E-state index in [0.717, 1.165) is 59.8 Å². The largest absolute Gasteiger partial charge is 0.454 e. The second-order valence-electron chi connectivity index (χ2n) is 8.26. The van der Waals surface area contributed by atoms with Gasteiger partial charge in [0.05, 0.1) is 0 Å². The van der Waals surface area contributed by atoms with E-state index in [1.807, 2.05) is 41.3 Å². The molecule has 2 aromatic rings. The molecule has 3 aliphatic rings. The van der Waals surface area contributed by atoms with E-state index >= 15 is 0 Å². The molecule has 1 saturated carbocycles. The summed E-state index contributed by atoms with van der Waals surface area (Å²) in [5, 5.41) is 0. The Hall–Kier alpha value is -2.89. The minimum atomic E-state index is 0.107. The number of carbonyl (C=O) groups excluding carboxylic acids is 1. The summed E-state index contributed by atoms with van der Waals surface area (Å²) >= 11 is 0. The summed E-state index contributed by atoms with van der Waals surface area (Å²) in [5.41, 5.74) is 2.09. The van der Waals surface area contributed by atoms with Gasteiger partial charge in [0, 0.05) is 19.0 Å². The van der Waals surface area contributed by atoms with Crippen LogP contribution in [0.4, 0.5) is 0 Å². The van der Waals surface area contributed by atoms with E-state index in [9.17, 15) is 4.79 Å². The molecule has 0 atom stereocenters. The summed E-state index contributed by atoms with van der Waals surface area (Å²) in [6, 6.07) is 11.8. The smallest absolute Gasteiger partial charge is 0.231 e. The van der Waals surface area contributed by atoms with E-state index in [4.69, 9.17) is 18.9 Å². The number of hydrogen-bond acceptors (Lipinski definition) is 5. The zero-order valence-electron chi connectivity index (χ0n) is 17.1. The molecule has 2 aliphatic heterocycles. The highest BCUT2D eigenvalue weighted by Gasteiger charge is 2.26. The first kappa shape index (κ1) is 19.1. The lowest BCUT2D eigenvalue weighted by molar-refractivity contribution is -0.137. The fraction of sp³-hybridized carbons (Fsp3) is 0.458. The Morgan fingerprint density at radius 2 is 1.23 bits per heavy atom. The average Bonchev–Trinajstić information content (AvgIpc) is 3.34. The average molecular weight is 409 g/mol. The van der Waals surface area contributed by atoms with Crippen molar-refractivity contribution in [1.82, 2.24) is 4.90 Å². The third-order valence-electron chi connectivity index (χ3n) is 6.14. The van der Waals surface area contributed by atoms with Crippen molar-refractivity contribution in [3.63, 3.8) is 0 Å². The SMILES string of the molecule is O=C(C1CCCCCC1)N(Cc1ccc2c(c1)OCO2)Cc1ccc2c(c1)OCO2. The molecule has 0 unspecified atom stereocenters. The highest BCUT2D eigenvalue weighted by molar-refractivity contribution is 5.79. The maximum absolute atomic E-state index is 13.5. The van der Waals surface area contributed by atoms with Gasteiger partial charge in [0.1, 0.15) is 0 Å². The lowest BCUT2D eigenvalue weighted by Gasteiger charge is -2.27. The molecule has 0 spiro atoms. The zero-order valence-corrected chi connectivity index (χ0v) is 17.1. The molecule has 158 valence electrons.